The molecule has 2 aliphatic rings. The number of aromatic nitrogens is 3. The minimum absolute atomic E-state index is 0.00964. The molecule has 0 radical (unpaired) electrons. The summed E-state index contributed by atoms with van der Waals surface area (Å²) in [6.45, 7) is 4.72. The number of piperazine rings is 1. The zero-order valence-corrected chi connectivity index (χ0v) is 16.5. The smallest absolute Gasteiger partial charge is 0.306 e. The summed E-state index contributed by atoms with van der Waals surface area (Å²) in [7, 11) is 0. The molecule has 1 amide bonds. The summed E-state index contributed by atoms with van der Waals surface area (Å²) in [6, 6.07) is 3.89. The van der Waals surface area contributed by atoms with E-state index in [-0.39, 0.29) is 24.7 Å². The molecule has 1 aliphatic carbocycles. The molecule has 2 aromatic heterocycles. The van der Waals surface area contributed by atoms with Crippen molar-refractivity contribution in [1.29, 1.82) is 0 Å². The Kier molecular flexibility index (Phi) is 5.73. The zero-order valence-electron chi connectivity index (χ0n) is 16.5. The summed E-state index contributed by atoms with van der Waals surface area (Å²) in [6.07, 6.45) is 4.33. The fourth-order valence-electron chi connectivity index (χ4n) is 3.34. The average Bonchev–Trinajstić information content (AvgIpc) is 3.49. The molecule has 1 saturated heterocycles. The standard InChI is InChI=1S/C20H25N5O4/c1-2-28-18(27)8-7-17(26)25-11-9-24(10-12-25)16-6-5-15(13-21-16)19-22-20(29-23-19)14-3-4-14/h5-6,13-14H,2-4,7-12H2,1H3. The van der Waals surface area contributed by atoms with Crippen molar-refractivity contribution < 1.29 is 18.8 Å². The number of carbonyl (C=O) groups is 2. The van der Waals surface area contributed by atoms with Gasteiger partial charge in [0.15, 0.2) is 0 Å². The Bertz CT molecular complexity index is 854. The monoisotopic (exact) mass is 399 g/mol. The maximum Gasteiger partial charge on any atom is 0.306 e. The molecule has 154 valence electrons. The molecule has 0 aromatic carbocycles. The van der Waals surface area contributed by atoms with Crippen LogP contribution in [-0.2, 0) is 14.3 Å². The van der Waals surface area contributed by atoms with Crippen LogP contribution >= 0.6 is 0 Å². The molecule has 2 aromatic rings. The van der Waals surface area contributed by atoms with Gasteiger partial charge < -0.3 is 19.1 Å². The van der Waals surface area contributed by atoms with Crippen molar-refractivity contribution in [2.75, 3.05) is 37.7 Å². The molecule has 1 aliphatic heterocycles. The second-order valence-electron chi connectivity index (χ2n) is 7.31. The first-order valence-electron chi connectivity index (χ1n) is 10.1. The van der Waals surface area contributed by atoms with E-state index in [1.807, 2.05) is 12.1 Å². The van der Waals surface area contributed by atoms with Crippen molar-refractivity contribution in [3.8, 4) is 11.4 Å². The maximum absolute atomic E-state index is 12.3. The third kappa shape index (κ3) is 4.72. The Morgan fingerprint density at radius 2 is 1.97 bits per heavy atom. The largest absolute Gasteiger partial charge is 0.466 e. The number of pyridine rings is 1. The van der Waals surface area contributed by atoms with Crippen LogP contribution in [0, 0.1) is 0 Å². The molecule has 2 fully saturated rings. The van der Waals surface area contributed by atoms with Crippen LogP contribution in [0.15, 0.2) is 22.9 Å². The van der Waals surface area contributed by atoms with Crippen molar-refractivity contribution in [2.24, 2.45) is 0 Å². The molecule has 0 atom stereocenters. The predicted octanol–water partition coefficient (Wildman–Crippen LogP) is 2.00. The highest BCUT2D eigenvalue weighted by molar-refractivity contribution is 5.81. The normalized spacial score (nSPS) is 16.7. The van der Waals surface area contributed by atoms with Gasteiger partial charge >= 0.3 is 5.97 Å². The SMILES string of the molecule is CCOC(=O)CCC(=O)N1CCN(c2ccc(-c3noc(C4CC4)n3)cn2)CC1. The highest BCUT2D eigenvalue weighted by Gasteiger charge is 2.30. The number of anilines is 1. The van der Waals surface area contributed by atoms with Gasteiger partial charge in [0.1, 0.15) is 5.82 Å². The lowest BCUT2D eigenvalue weighted by molar-refractivity contribution is -0.145. The van der Waals surface area contributed by atoms with Gasteiger partial charge in [-0.25, -0.2) is 4.98 Å². The van der Waals surface area contributed by atoms with Crippen LogP contribution in [0.5, 0.6) is 0 Å². The molecule has 0 unspecified atom stereocenters. The van der Waals surface area contributed by atoms with Crippen molar-refractivity contribution >= 4 is 17.7 Å². The van der Waals surface area contributed by atoms with E-state index in [1.54, 1.807) is 18.0 Å². The molecule has 29 heavy (non-hydrogen) atoms. The first-order chi connectivity index (χ1) is 14.1. The molecule has 9 nitrogen and oxygen atoms in total. The fraction of sp³-hybridized carbons (Fsp3) is 0.550. The third-order valence-corrected chi connectivity index (χ3v) is 5.18. The summed E-state index contributed by atoms with van der Waals surface area (Å²) in [5.74, 6) is 2.24. The van der Waals surface area contributed by atoms with E-state index in [9.17, 15) is 9.59 Å². The molecular formula is C20H25N5O4. The summed E-state index contributed by atoms with van der Waals surface area (Å²) >= 11 is 0. The molecular weight excluding hydrogens is 374 g/mol. The second-order valence-corrected chi connectivity index (χ2v) is 7.31. The van der Waals surface area contributed by atoms with Gasteiger partial charge in [-0.05, 0) is 31.9 Å². The first kappa shape index (κ1) is 19.4. The molecule has 1 saturated carbocycles. The average molecular weight is 399 g/mol. The molecule has 4 rings (SSSR count). The van der Waals surface area contributed by atoms with E-state index in [4.69, 9.17) is 9.26 Å². The number of amides is 1. The minimum Gasteiger partial charge on any atom is -0.466 e. The topological polar surface area (TPSA) is 102 Å². The van der Waals surface area contributed by atoms with Crippen molar-refractivity contribution in [3.63, 3.8) is 0 Å². The fourth-order valence-corrected chi connectivity index (χ4v) is 3.34. The van der Waals surface area contributed by atoms with E-state index in [0.29, 0.717) is 50.4 Å². The number of esters is 1. The molecule has 0 bridgehead atoms. The number of nitrogens with zero attached hydrogens (tertiary/aromatic N) is 5. The van der Waals surface area contributed by atoms with Crippen LogP contribution in [0.25, 0.3) is 11.4 Å². The minimum atomic E-state index is -0.324. The third-order valence-electron chi connectivity index (χ3n) is 5.18. The number of ether oxygens (including phenoxy) is 1. The lowest BCUT2D eigenvalue weighted by Crippen LogP contribution is -2.49. The van der Waals surface area contributed by atoms with E-state index < -0.39 is 0 Å². The van der Waals surface area contributed by atoms with E-state index in [0.717, 1.165) is 24.2 Å². The molecule has 0 spiro atoms. The summed E-state index contributed by atoms with van der Waals surface area (Å²) < 4.78 is 10.2. The Labute approximate surface area is 169 Å². The highest BCUT2D eigenvalue weighted by atomic mass is 16.5. The summed E-state index contributed by atoms with van der Waals surface area (Å²) in [4.78, 5) is 36.6. The lowest BCUT2D eigenvalue weighted by Gasteiger charge is -2.35. The van der Waals surface area contributed by atoms with Gasteiger partial charge in [-0.2, -0.15) is 4.98 Å². The summed E-state index contributed by atoms with van der Waals surface area (Å²) in [5, 5.41) is 4.04. The van der Waals surface area contributed by atoms with Crippen LogP contribution in [0.2, 0.25) is 0 Å². The van der Waals surface area contributed by atoms with Gasteiger partial charge in [-0.3, -0.25) is 9.59 Å². The Hall–Kier alpha value is -2.97. The molecule has 9 heteroatoms. The van der Waals surface area contributed by atoms with Gasteiger partial charge in [-0.15, -0.1) is 0 Å². The maximum atomic E-state index is 12.3. The second kappa shape index (κ2) is 8.59. The Morgan fingerprint density at radius 1 is 1.17 bits per heavy atom. The van der Waals surface area contributed by atoms with Gasteiger partial charge in [0.05, 0.1) is 13.0 Å². The van der Waals surface area contributed by atoms with Crippen molar-refractivity contribution in [2.45, 2.75) is 38.5 Å². The van der Waals surface area contributed by atoms with Crippen molar-refractivity contribution in [1.82, 2.24) is 20.0 Å². The Balaban J connectivity index is 1.28. The number of rotatable bonds is 7. The number of carbonyl (C=O) groups excluding carboxylic acids is 2. The van der Waals surface area contributed by atoms with E-state index in [1.165, 1.54) is 0 Å². The zero-order chi connectivity index (χ0) is 20.2. The van der Waals surface area contributed by atoms with Crippen LogP contribution < -0.4 is 4.90 Å². The molecule has 0 N–H and O–H groups in total. The molecule has 3 heterocycles. The Morgan fingerprint density at radius 3 is 2.62 bits per heavy atom. The van der Waals surface area contributed by atoms with Crippen molar-refractivity contribution in [3.05, 3.63) is 24.2 Å². The van der Waals surface area contributed by atoms with E-state index >= 15 is 0 Å². The van der Waals surface area contributed by atoms with Gasteiger partial charge in [0, 0.05) is 50.3 Å². The first-order valence-corrected chi connectivity index (χ1v) is 10.1. The quantitative estimate of drug-likeness (QED) is 0.652. The van der Waals surface area contributed by atoms with Crippen LogP contribution in [0.1, 0.15) is 44.4 Å². The lowest BCUT2D eigenvalue weighted by atomic mass is 10.2. The van der Waals surface area contributed by atoms with Crippen LogP contribution in [0.4, 0.5) is 5.82 Å². The number of hydrogen-bond acceptors (Lipinski definition) is 8. The van der Waals surface area contributed by atoms with Crippen LogP contribution in [0.3, 0.4) is 0 Å². The van der Waals surface area contributed by atoms with Gasteiger partial charge in [-0.1, -0.05) is 5.16 Å². The van der Waals surface area contributed by atoms with E-state index in [2.05, 4.69) is 20.0 Å². The predicted molar refractivity (Wildman–Crippen MR) is 104 cm³/mol. The van der Waals surface area contributed by atoms with Gasteiger partial charge in [0.25, 0.3) is 0 Å². The number of hydrogen-bond donors (Lipinski definition) is 0. The van der Waals surface area contributed by atoms with Crippen LogP contribution in [-0.4, -0.2) is 64.7 Å². The summed E-state index contributed by atoms with van der Waals surface area (Å²) in [5.41, 5.74) is 0.831. The highest BCUT2D eigenvalue weighted by Crippen LogP contribution is 2.39. The van der Waals surface area contributed by atoms with Gasteiger partial charge in [0.2, 0.25) is 17.6 Å².